The average molecular weight is 562 g/mol. The average Bonchev–Trinajstić information content (AvgIpc) is 3.48. The van der Waals surface area contributed by atoms with E-state index in [-0.39, 0.29) is 5.91 Å². The second-order valence-electron chi connectivity index (χ2n) is 8.49. The number of nitrogens with zero attached hydrogens (tertiary/aromatic N) is 3. The van der Waals surface area contributed by atoms with Gasteiger partial charge < -0.3 is 9.47 Å². The summed E-state index contributed by atoms with van der Waals surface area (Å²) >= 11 is 13.0. The predicted molar refractivity (Wildman–Crippen MR) is 157 cm³/mol. The number of ether oxygens (including phenoxy) is 2. The number of para-hydroxylation sites is 1. The summed E-state index contributed by atoms with van der Waals surface area (Å²) in [5.41, 5.74) is 4.41. The molecule has 1 aromatic heterocycles. The highest BCUT2D eigenvalue weighted by atomic mass is 35.5. The molecule has 0 atom stereocenters. The molecule has 0 radical (unpaired) electrons. The Morgan fingerprint density at radius 3 is 2.45 bits per heavy atom. The molecule has 0 saturated carbocycles. The Kier molecular flexibility index (Phi) is 7.83. The third kappa shape index (κ3) is 5.48. The van der Waals surface area contributed by atoms with Crippen molar-refractivity contribution in [3.63, 3.8) is 0 Å². The molecule has 0 N–H and O–H groups in total. The fourth-order valence-corrected chi connectivity index (χ4v) is 5.57. The van der Waals surface area contributed by atoms with Crippen LogP contribution in [0.5, 0.6) is 11.5 Å². The van der Waals surface area contributed by atoms with Crippen LogP contribution in [0.3, 0.4) is 0 Å². The van der Waals surface area contributed by atoms with E-state index >= 15 is 0 Å². The zero-order chi connectivity index (χ0) is 26.6. The molecule has 192 valence electrons. The third-order valence-electron chi connectivity index (χ3n) is 6.11. The molecule has 1 fully saturated rings. The topological polar surface area (TPSA) is 56.6 Å². The normalized spacial score (nSPS) is 14.4. The first-order valence-corrected chi connectivity index (χ1v) is 13.4. The van der Waals surface area contributed by atoms with E-state index < -0.39 is 0 Å². The van der Waals surface area contributed by atoms with Gasteiger partial charge in [-0.05, 0) is 54.5 Å². The van der Waals surface area contributed by atoms with Gasteiger partial charge in [-0.2, -0.15) is 5.10 Å². The smallest absolute Gasteiger partial charge is 0.266 e. The van der Waals surface area contributed by atoms with Crippen LogP contribution in [-0.2, 0) is 11.2 Å². The van der Waals surface area contributed by atoms with E-state index in [1.165, 1.54) is 11.8 Å². The van der Waals surface area contributed by atoms with Crippen LogP contribution in [0.15, 0.2) is 83.9 Å². The molecule has 5 rings (SSSR count). The van der Waals surface area contributed by atoms with Gasteiger partial charge >= 0.3 is 0 Å². The SMILES string of the molecule is COc1ccc(CCN2C(=O)/C(=C/c3cn(-c4ccccc4)nc3-c3ccc(Cl)cc3)SC2=S)cc1OC. The van der Waals surface area contributed by atoms with Crippen LogP contribution >= 0.6 is 35.6 Å². The summed E-state index contributed by atoms with van der Waals surface area (Å²) in [7, 11) is 3.21. The van der Waals surface area contributed by atoms with Crippen molar-refractivity contribution in [3.05, 3.63) is 100 Å². The molecule has 0 unspecified atom stereocenters. The Morgan fingerprint density at radius 2 is 1.74 bits per heavy atom. The van der Waals surface area contributed by atoms with Gasteiger partial charge in [0, 0.05) is 28.9 Å². The Labute approximate surface area is 235 Å². The van der Waals surface area contributed by atoms with Crippen LogP contribution in [0, 0.1) is 0 Å². The lowest BCUT2D eigenvalue weighted by molar-refractivity contribution is -0.122. The number of aromatic nitrogens is 2. The number of amides is 1. The molecule has 1 amide bonds. The monoisotopic (exact) mass is 561 g/mol. The molecule has 2 heterocycles. The van der Waals surface area contributed by atoms with Gasteiger partial charge in [0.25, 0.3) is 5.91 Å². The molecule has 6 nitrogen and oxygen atoms in total. The number of thiocarbonyl (C=S) groups is 1. The molecule has 9 heteroatoms. The van der Waals surface area contributed by atoms with Crippen molar-refractivity contribution < 1.29 is 14.3 Å². The molecular formula is C29H24ClN3O3S2. The highest BCUT2D eigenvalue weighted by Gasteiger charge is 2.32. The van der Waals surface area contributed by atoms with Crippen LogP contribution in [0.1, 0.15) is 11.1 Å². The summed E-state index contributed by atoms with van der Waals surface area (Å²) in [5.74, 6) is 1.20. The predicted octanol–water partition coefficient (Wildman–Crippen LogP) is 6.65. The summed E-state index contributed by atoms with van der Waals surface area (Å²) < 4.78 is 13.1. The van der Waals surface area contributed by atoms with E-state index in [1.807, 2.05) is 89.8 Å². The first-order chi connectivity index (χ1) is 18.5. The second-order valence-corrected chi connectivity index (χ2v) is 10.6. The quantitative estimate of drug-likeness (QED) is 0.177. The summed E-state index contributed by atoms with van der Waals surface area (Å²) in [6.07, 6.45) is 4.42. The van der Waals surface area contributed by atoms with Crippen LogP contribution in [0.4, 0.5) is 0 Å². The molecule has 1 aliphatic heterocycles. The van der Waals surface area contributed by atoms with Crippen molar-refractivity contribution in [1.29, 1.82) is 0 Å². The van der Waals surface area contributed by atoms with E-state index in [0.29, 0.717) is 38.7 Å². The minimum atomic E-state index is -0.116. The maximum atomic E-state index is 13.4. The van der Waals surface area contributed by atoms with Gasteiger partial charge in [-0.15, -0.1) is 0 Å². The standard InChI is InChI=1S/C29H24ClN3O3S2/c1-35-24-13-8-19(16-25(24)36-2)14-15-32-28(34)26(38-29(32)37)17-21-18-33(23-6-4-3-5-7-23)31-27(21)20-9-11-22(30)12-10-20/h3-13,16-18H,14-15H2,1-2H3/b26-17-. The minimum absolute atomic E-state index is 0.116. The number of halogens is 1. The van der Waals surface area contributed by atoms with E-state index in [9.17, 15) is 4.79 Å². The summed E-state index contributed by atoms with van der Waals surface area (Å²) in [6.45, 7) is 0.463. The maximum absolute atomic E-state index is 13.4. The largest absolute Gasteiger partial charge is 0.493 e. The van der Waals surface area contributed by atoms with E-state index in [1.54, 1.807) is 19.1 Å². The molecule has 4 aromatic rings. The van der Waals surface area contributed by atoms with E-state index in [0.717, 1.165) is 28.1 Å². The molecule has 1 aliphatic rings. The first kappa shape index (κ1) is 26.0. The lowest BCUT2D eigenvalue weighted by atomic mass is 10.1. The summed E-state index contributed by atoms with van der Waals surface area (Å²) in [5, 5.41) is 5.48. The Morgan fingerprint density at radius 1 is 1.00 bits per heavy atom. The number of hydrogen-bond donors (Lipinski definition) is 0. The van der Waals surface area contributed by atoms with Crippen molar-refractivity contribution in [2.75, 3.05) is 20.8 Å². The molecule has 0 spiro atoms. The van der Waals surface area contributed by atoms with Gasteiger partial charge in [0.2, 0.25) is 0 Å². The fraction of sp³-hybridized carbons (Fsp3) is 0.138. The van der Waals surface area contributed by atoms with Crippen LogP contribution in [0.25, 0.3) is 23.0 Å². The van der Waals surface area contributed by atoms with Crippen molar-refractivity contribution in [2.45, 2.75) is 6.42 Å². The zero-order valence-corrected chi connectivity index (χ0v) is 23.1. The van der Waals surface area contributed by atoms with Crippen molar-refractivity contribution in [3.8, 4) is 28.4 Å². The van der Waals surface area contributed by atoms with Crippen LogP contribution in [-0.4, -0.2) is 45.7 Å². The number of hydrogen-bond acceptors (Lipinski definition) is 6. The molecular weight excluding hydrogens is 538 g/mol. The number of rotatable bonds is 8. The number of benzene rings is 3. The number of methoxy groups -OCH3 is 2. The molecule has 1 saturated heterocycles. The van der Waals surface area contributed by atoms with Gasteiger partial charge in [0.1, 0.15) is 4.32 Å². The van der Waals surface area contributed by atoms with Crippen LogP contribution in [0.2, 0.25) is 5.02 Å². The Bertz CT molecular complexity index is 1520. The Balaban J connectivity index is 1.42. The fourth-order valence-electron chi connectivity index (χ4n) is 4.15. The molecule has 38 heavy (non-hydrogen) atoms. The number of carbonyl (C=O) groups excluding carboxylic acids is 1. The molecule has 0 bridgehead atoms. The summed E-state index contributed by atoms with van der Waals surface area (Å²) in [6, 6.07) is 23.1. The van der Waals surface area contributed by atoms with Crippen molar-refractivity contribution in [1.82, 2.24) is 14.7 Å². The Hall–Kier alpha value is -3.59. The van der Waals surface area contributed by atoms with Gasteiger partial charge in [-0.25, -0.2) is 4.68 Å². The number of carbonyl (C=O) groups is 1. The number of thioether (sulfide) groups is 1. The highest BCUT2D eigenvalue weighted by Crippen LogP contribution is 2.35. The first-order valence-electron chi connectivity index (χ1n) is 11.8. The molecule has 0 aliphatic carbocycles. The second kappa shape index (κ2) is 11.4. The van der Waals surface area contributed by atoms with Crippen LogP contribution < -0.4 is 9.47 Å². The van der Waals surface area contributed by atoms with Gasteiger partial charge in [-0.3, -0.25) is 9.69 Å². The lowest BCUT2D eigenvalue weighted by Crippen LogP contribution is -2.30. The lowest BCUT2D eigenvalue weighted by Gasteiger charge is -2.15. The molecule has 3 aromatic carbocycles. The van der Waals surface area contributed by atoms with Gasteiger partial charge in [0.05, 0.1) is 30.5 Å². The zero-order valence-electron chi connectivity index (χ0n) is 20.8. The minimum Gasteiger partial charge on any atom is -0.493 e. The van der Waals surface area contributed by atoms with Crippen molar-refractivity contribution >= 4 is 51.9 Å². The third-order valence-corrected chi connectivity index (χ3v) is 7.74. The maximum Gasteiger partial charge on any atom is 0.266 e. The van der Waals surface area contributed by atoms with Gasteiger partial charge in [-0.1, -0.05) is 72.0 Å². The van der Waals surface area contributed by atoms with E-state index in [4.69, 9.17) is 38.4 Å². The van der Waals surface area contributed by atoms with Crippen molar-refractivity contribution in [2.24, 2.45) is 0 Å². The highest BCUT2D eigenvalue weighted by molar-refractivity contribution is 8.26. The van der Waals surface area contributed by atoms with Gasteiger partial charge in [0.15, 0.2) is 11.5 Å². The summed E-state index contributed by atoms with van der Waals surface area (Å²) in [4.78, 5) is 15.6. The van der Waals surface area contributed by atoms with E-state index in [2.05, 4.69) is 0 Å².